The van der Waals surface area contributed by atoms with Gasteiger partial charge in [0.05, 0.1) is 0 Å². The van der Waals surface area contributed by atoms with Crippen LogP contribution in [0.3, 0.4) is 0 Å². The van der Waals surface area contributed by atoms with Crippen LogP contribution >= 0.6 is 0 Å². The van der Waals surface area contributed by atoms with E-state index >= 15 is 0 Å². The van der Waals surface area contributed by atoms with E-state index in [-0.39, 0.29) is 0 Å². The van der Waals surface area contributed by atoms with Crippen LogP contribution in [0.1, 0.15) is 30.0 Å². The number of hydrogen-bond acceptors (Lipinski definition) is 2. The zero-order valence-electron chi connectivity index (χ0n) is 9.09. The summed E-state index contributed by atoms with van der Waals surface area (Å²) in [5.41, 5.74) is 6.69. The number of hydrazine groups is 1. The number of nitrogens with two attached hydrogens (primary N) is 1. The lowest BCUT2D eigenvalue weighted by molar-refractivity contribution is 0.911. The van der Waals surface area contributed by atoms with Crippen LogP contribution < -0.4 is 11.3 Å². The van der Waals surface area contributed by atoms with Crippen molar-refractivity contribution in [3.05, 3.63) is 34.9 Å². The fourth-order valence-corrected chi connectivity index (χ4v) is 2.10. The molecule has 0 heterocycles. The maximum absolute atomic E-state index is 5.46. The van der Waals surface area contributed by atoms with Crippen molar-refractivity contribution in [3.8, 4) is 0 Å². The first-order valence-corrected chi connectivity index (χ1v) is 5.48. The van der Waals surface area contributed by atoms with Crippen LogP contribution in [-0.2, 0) is 12.8 Å². The highest BCUT2D eigenvalue weighted by molar-refractivity contribution is 5.98. The van der Waals surface area contributed by atoms with Gasteiger partial charge in [0.25, 0.3) is 0 Å². The Morgan fingerprint density at radius 2 is 2.20 bits per heavy atom. The standard InChI is InChI=1S/C12H17N3/c1-2-14-12(15-13)11-7-6-9-4-3-5-10(9)8-11/h6-8H,2-5,13H2,1H3,(H,14,15). The minimum absolute atomic E-state index is 0.747. The minimum atomic E-state index is 0.747. The molecule has 1 aromatic carbocycles. The first-order chi connectivity index (χ1) is 7.35. The van der Waals surface area contributed by atoms with Gasteiger partial charge in [-0.25, -0.2) is 5.84 Å². The number of nitrogens with one attached hydrogen (secondary N) is 1. The molecular formula is C12H17N3. The average Bonchev–Trinajstić information content (AvgIpc) is 2.72. The number of rotatable bonds is 2. The quantitative estimate of drug-likeness (QED) is 0.330. The van der Waals surface area contributed by atoms with E-state index in [1.165, 1.54) is 30.4 Å². The van der Waals surface area contributed by atoms with E-state index in [0.29, 0.717) is 0 Å². The van der Waals surface area contributed by atoms with Crippen molar-refractivity contribution >= 4 is 5.84 Å². The number of nitrogens with zero attached hydrogens (tertiary/aromatic N) is 1. The van der Waals surface area contributed by atoms with E-state index in [1.807, 2.05) is 6.92 Å². The molecule has 0 aliphatic heterocycles. The van der Waals surface area contributed by atoms with E-state index < -0.39 is 0 Å². The van der Waals surface area contributed by atoms with Gasteiger partial charge in [-0.05, 0) is 43.4 Å². The third-order valence-corrected chi connectivity index (χ3v) is 2.82. The summed E-state index contributed by atoms with van der Waals surface area (Å²) >= 11 is 0. The molecule has 3 nitrogen and oxygen atoms in total. The highest BCUT2D eigenvalue weighted by atomic mass is 15.2. The molecule has 0 aromatic heterocycles. The highest BCUT2D eigenvalue weighted by Gasteiger charge is 2.12. The van der Waals surface area contributed by atoms with Crippen LogP contribution in [0.15, 0.2) is 23.2 Å². The molecule has 1 aliphatic carbocycles. The highest BCUT2D eigenvalue weighted by Crippen LogP contribution is 2.22. The third kappa shape index (κ3) is 2.02. The maximum atomic E-state index is 5.46. The molecule has 3 heteroatoms. The van der Waals surface area contributed by atoms with Crippen LogP contribution in [0.25, 0.3) is 0 Å². The molecule has 0 radical (unpaired) electrons. The first-order valence-electron chi connectivity index (χ1n) is 5.48. The van der Waals surface area contributed by atoms with Crippen molar-refractivity contribution in [1.82, 2.24) is 5.43 Å². The molecule has 0 spiro atoms. The van der Waals surface area contributed by atoms with Gasteiger partial charge in [0.1, 0.15) is 5.84 Å². The van der Waals surface area contributed by atoms with Crippen LogP contribution in [0, 0.1) is 0 Å². The molecule has 1 aromatic rings. The molecular weight excluding hydrogens is 186 g/mol. The molecule has 0 saturated heterocycles. The molecule has 0 saturated carbocycles. The van der Waals surface area contributed by atoms with Crippen molar-refractivity contribution in [2.75, 3.05) is 6.54 Å². The second-order valence-corrected chi connectivity index (χ2v) is 3.80. The molecule has 0 bridgehead atoms. The predicted octanol–water partition coefficient (Wildman–Crippen LogP) is 1.41. The largest absolute Gasteiger partial charge is 0.308 e. The topological polar surface area (TPSA) is 50.4 Å². The Labute approximate surface area is 90.4 Å². The summed E-state index contributed by atoms with van der Waals surface area (Å²) in [7, 11) is 0. The predicted molar refractivity (Wildman–Crippen MR) is 62.9 cm³/mol. The Morgan fingerprint density at radius 3 is 2.93 bits per heavy atom. The van der Waals surface area contributed by atoms with Crippen LogP contribution in [0.4, 0.5) is 0 Å². The molecule has 2 rings (SSSR count). The van der Waals surface area contributed by atoms with Gasteiger partial charge in [-0.1, -0.05) is 12.1 Å². The Balaban J connectivity index is 2.33. The lowest BCUT2D eigenvalue weighted by atomic mass is 10.1. The van der Waals surface area contributed by atoms with Gasteiger partial charge in [-0.2, -0.15) is 0 Å². The van der Waals surface area contributed by atoms with Gasteiger partial charge in [-0.3, -0.25) is 4.99 Å². The normalized spacial score (nSPS) is 15.2. The second kappa shape index (κ2) is 4.45. The van der Waals surface area contributed by atoms with E-state index in [9.17, 15) is 0 Å². The van der Waals surface area contributed by atoms with E-state index in [1.54, 1.807) is 0 Å². The molecule has 1 aliphatic rings. The van der Waals surface area contributed by atoms with Gasteiger partial charge >= 0.3 is 0 Å². The fourth-order valence-electron chi connectivity index (χ4n) is 2.10. The minimum Gasteiger partial charge on any atom is -0.308 e. The van der Waals surface area contributed by atoms with Crippen LogP contribution in [-0.4, -0.2) is 12.4 Å². The van der Waals surface area contributed by atoms with Crippen molar-refractivity contribution in [2.45, 2.75) is 26.2 Å². The summed E-state index contributed by atoms with van der Waals surface area (Å²) in [6.07, 6.45) is 3.67. The van der Waals surface area contributed by atoms with Gasteiger partial charge in [0.15, 0.2) is 0 Å². The number of benzene rings is 1. The Morgan fingerprint density at radius 1 is 1.40 bits per heavy atom. The lowest BCUT2D eigenvalue weighted by Gasteiger charge is -2.07. The molecule has 15 heavy (non-hydrogen) atoms. The number of amidine groups is 1. The number of aliphatic imine (C=N–C) groups is 1. The summed E-state index contributed by atoms with van der Waals surface area (Å²) in [5.74, 6) is 6.24. The number of fused-ring (bicyclic) bond motifs is 1. The Hall–Kier alpha value is -1.35. The third-order valence-electron chi connectivity index (χ3n) is 2.82. The van der Waals surface area contributed by atoms with Crippen molar-refractivity contribution in [2.24, 2.45) is 10.8 Å². The van der Waals surface area contributed by atoms with Crippen molar-refractivity contribution in [3.63, 3.8) is 0 Å². The Kier molecular flexibility index (Phi) is 3.02. The number of aryl methyl sites for hydroxylation is 2. The lowest BCUT2D eigenvalue weighted by Crippen LogP contribution is -2.31. The zero-order valence-corrected chi connectivity index (χ0v) is 9.09. The van der Waals surface area contributed by atoms with Crippen molar-refractivity contribution < 1.29 is 0 Å². The summed E-state index contributed by atoms with van der Waals surface area (Å²) in [6, 6.07) is 6.50. The molecule has 0 fully saturated rings. The van der Waals surface area contributed by atoms with Gasteiger partial charge in [0.2, 0.25) is 0 Å². The molecule has 3 N–H and O–H groups in total. The van der Waals surface area contributed by atoms with Gasteiger partial charge in [-0.15, -0.1) is 0 Å². The Bertz CT molecular complexity index is 382. The number of hydrogen-bond donors (Lipinski definition) is 2. The summed E-state index contributed by atoms with van der Waals surface area (Å²) < 4.78 is 0. The summed E-state index contributed by atoms with van der Waals surface area (Å²) in [4.78, 5) is 4.32. The maximum Gasteiger partial charge on any atom is 0.142 e. The van der Waals surface area contributed by atoms with Gasteiger partial charge in [0, 0.05) is 12.1 Å². The van der Waals surface area contributed by atoms with E-state index in [0.717, 1.165) is 17.9 Å². The molecule has 0 amide bonds. The summed E-state index contributed by atoms with van der Waals surface area (Å²) in [5, 5.41) is 0. The van der Waals surface area contributed by atoms with Crippen molar-refractivity contribution in [1.29, 1.82) is 0 Å². The fraction of sp³-hybridized carbons (Fsp3) is 0.417. The molecule has 0 unspecified atom stereocenters. The van der Waals surface area contributed by atoms with Gasteiger partial charge < -0.3 is 5.43 Å². The van der Waals surface area contributed by atoms with Crippen LogP contribution in [0.5, 0.6) is 0 Å². The summed E-state index contributed by atoms with van der Waals surface area (Å²) in [6.45, 7) is 2.75. The second-order valence-electron chi connectivity index (χ2n) is 3.80. The smallest absolute Gasteiger partial charge is 0.142 e. The zero-order chi connectivity index (χ0) is 10.7. The molecule has 80 valence electrons. The SMILES string of the molecule is CCN=C(NN)c1ccc2c(c1)CCC2. The average molecular weight is 203 g/mol. The van der Waals surface area contributed by atoms with E-state index in [4.69, 9.17) is 5.84 Å². The van der Waals surface area contributed by atoms with E-state index in [2.05, 4.69) is 28.6 Å². The first kappa shape index (κ1) is 10.2. The van der Waals surface area contributed by atoms with Crippen LogP contribution in [0.2, 0.25) is 0 Å². The molecule has 0 atom stereocenters. The monoisotopic (exact) mass is 203 g/mol.